The topological polar surface area (TPSA) is 64.9 Å². The highest BCUT2D eigenvalue weighted by Gasteiger charge is 2.34. The van der Waals surface area contributed by atoms with Crippen LogP contribution in [0.3, 0.4) is 0 Å². The Labute approximate surface area is 105 Å². The molecule has 0 aliphatic carbocycles. The van der Waals surface area contributed by atoms with Crippen molar-refractivity contribution in [3.63, 3.8) is 0 Å². The first kappa shape index (κ1) is 12.1. The van der Waals surface area contributed by atoms with Gasteiger partial charge in [-0.1, -0.05) is 0 Å². The maximum atomic E-state index is 12.2. The highest BCUT2D eigenvalue weighted by Crippen LogP contribution is 2.25. The summed E-state index contributed by atoms with van der Waals surface area (Å²) in [7, 11) is 0. The molecular formula is C12H15N3OS. The van der Waals surface area contributed by atoms with Gasteiger partial charge >= 0.3 is 0 Å². The Balaban J connectivity index is 2.09. The Morgan fingerprint density at radius 3 is 3.12 bits per heavy atom. The summed E-state index contributed by atoms with van der Waals surface area (Å²) in [5.41, 5.74) is 0.0253. The number of hydrogen-bond donors (Lipinski definition) is 2. The molecule has 1 amide bonds. The molecule has 1 fully saturated rings. The van der Waals surface area contributed by atoms with Gasteiger partial charge in [-0.2, -0.15) is 5.26 Å². The standard InChI is InChI=1S/C12H15N3OS/c1-12(5-2-3-6-14-12)11(16)15-10-9(8-13)4-7-17-10/h4,7,14H,2-3,5-6H2,1H3,(H,15,16). The van der Waals surface area contributed by atoms with Gasteiger partial charge in [0.25, 0.3) is 0 Å². The van der Waals surface area contributed by atoms with E-state index in [-0.39, 0.29) is 5.91 Å². The molecule has 0 spiro atoms. The van der Waals surface area contributed by atoms with Crippen LogP contribution in [0.5, 0.6) is 0 Å². The van der Waals surface area contributed by atoms with Crippen molar-refractivity contribution in [2.45, 2.75) is 31.7 Å². The molecule has 1 aromatic rings. The highest BCUT2D eigenvalue weighted by atomic mass is 32.1. The molecule has 2 N–H and O–H groups in total. The third-order valence-electron chi connectivity index (χ3n) is 3.13. The van der Waals surface area contributed by atoms with Gasteiger partial charge in [-0.25, -0.2) is 0 Å². The Hall–Kier alpha value is -1.38. The minimum absolute atomic E-state index is 0.0452. The monoisotopic (exact) mass is 249 g/mol. The van der Waals surface area contributed by atoms with E-state index < -0.39 is 5.54 Å². The molecular weight excluding hydrogens is 234 g/mol. The zero-order valence-corrected chi connectivity index (χ0v) is 10.6. The molecule has 2 rings (SSSR count). The molecule has 90 valence electrons. The third-order valence-corrected chi connectivity index (χ3v) is 3.96. The number of rotatable bonds is 2. The molecule has 1 aliphatic heterocycles. The Kier molecular flexibility index (Phi) is 3.46. The number of amides is 1. The van der Waals surface area contributed by atoms with Crippen molar-refractivity contribution in [1.82, 2.24) is 5.32 Å². The average molecular weight is 249 g/mol. The van der Waals surface area contributed by atoms with E-state index in [1.54, 1.807) is 6.07 Å². The van der Waals surface area contributed by atoms with E-state index in [1.165, 1.54) is 11.3 Å². The summed E-state index contributed by atoms with van der Waals surface area (Å²) < 4.78 is 0. The van der Waals surface area contributed by atoms with E-state index in [0.29, 0.717) is 10.6 Å². The van der Waals surface area contributed by atoms with E-state index in [1.807, 2.05) is 12.3 Å². The van der Waals surface area contributed by atoms with Crippen molar-refractivity contribution in [1.29, 1.82) is 5.26 Å². The second kappa shape index (κ2) is 4.86. The first-order chi connectivity index (χ1) is 8.15. The normalized spacial score (nSPS) is 24.0. The molecule has 2 heterocycles. The van der Waals surface area contributed by atoms with Crippen LogP contribution < -0.4 is 10.6 Å². The van der Waals surface area contributed by atoms with Gasteiger partial charge in [-0.15, -0.1) is 11.3 Å². The molecule has 17 heavy (non-hydrogen) atoms. The molecule has 1 aliphatic rings. The predicted molar refractivity (Wildman–Crippen MR) is 67.9 cm³/mol. The van der Waals surface area contributed by atoms with Crippen molar-refractivity contribution in [3.05, 3.63) is 17.0 Å². The number of carbonyl (C=O) groups is 1. The molecule has 0 saturated carbocycles. The SMILES string of the molecule is CC1(C(=O)Nc2sccc2C#N)CCCCN1. The number of nitriles is 1. The third kappa shape index (κ3) is 2.48. The minimum Gasteiger partial charge on any atom is -0.315 e. The summed E-state index contributed by atoms with van der Waals surface area (Å²) in [5, 5.41) is 17.4. The van der Waals surface area contributed by atoms with E-state index in [0.717, 1.165) is 25.8 Å². The fourth-order valence-electron chi connectivity index (χ4n) is 1.99. The predicted octanol–water partition coefficient (Wildman–Crippen LogP) is 2.09. The van der Waals surface area contributed by atoms with E-state index in [2.05, 4.69) is 16.7 Å². The lowest BCUT2D eigenvalue weighted by atomic mass is 9.90. The zero-order valence-electron chi connectivity index (χ0n) is 9.75. The Morgan fingerprint density at radius 2 is 2.47 bits per heavy atom. The van der Waals surface area contributed by atoms with Crippen LogP contribution in [0.2, 0.25) is 0 Å². The van der Waals surface area contributed by atoms with Crippen LogP contribution in [-0.4, -0.2) is 18.0 Å². The number of piperidine rings is 1. The van der Waals surface area contributed by atoms with Gasteiger partial charge in [-0.3, -0.25) is 4.79 Å². The Bertz CT molecular complexity index is 455. The van der Waals surface area contributed by atoms with Crippen LogP contribution in [0.1, 0.15) is 31.7 Å². The summed E-state index contributed by atoms with van der Waals surface area (Å²) >= 11 is 1.38. The summed E-state index contributed by atoms with van der Waals surface area (Å²) in [6.07, 6.45) is 3.02. The van der Waals surface area contributed by atoms with Crippen molar-refractivity contribution in [2.24, 2.45) is 0 Å². The first-order valence-corrected chi connectivity index (χ1v) is 6.58. The van der Waals surface area contributed by atoms with E-state index in [4.69, 9.17) is 5.26 Å². The quantitative estimate of drug-likeness (QED) is 0.843. The molecule has 1 atom stereocenters. The molecule has 1 saturated heterocycles. The van der Waals surface area contributed by atoms with Crippen LogP contribution in [-0.2, 0) is 4.79 Å². The minimum atomic E-state index is -0.505. The van der Waals surface area contributed by atoms with Crippen LogP contribution in [0.25, 0.3) is 0 Å². The fraction of sp³-hybridized carbons (Fsp3) is 0.500. The smallest absolute Gasteiger partial charge is 0.245 e. The number of anilines is 1. The summed E-state index contributed by atoms with van der Waals surface area (Å²) in [6, 6.07) is 3.79. The summed E-state index contributed by atoms with van der Waals surface area (Å²) in [4.78, 5) is 12.2. The first-order valence-electron chi connectivity index (χ1n) is 5.70. The molecule has 1 aromatic heterocycles. The molecule has 0 radical (unpaired) electrons. The molecule has 1 unspecified atom stereocenters. The van der Waals surface area contributed by atoms with E-state index in [9.17, 15) is 4.79 Å². The van der Waals surface area contributed by atoms with Crippen LogP contribution >= 0.6 is 11.3 Å². The largest absolute Gasteiger partial charge is 0.315 e. The lowest BCUT2D eigenvalue weighted by Crippen LogP contribution is -2.54. The van der Waals surface area contributed by atoms with Gasteiger partial charge in [0, 0.05) is 0 Å². The number of nitrogens with zero attached hydrogens (tertiary/aromatic N) is 1. The van der Waals surface area contributed by atoms with Gasteiger partial charge in [0.2, 0.25) is 5.91 Å². The highest BCUT2D eigenvalue weighted by molar-refractivity contribution is 7.14. The van der Waals surface area contributed by atoms with Crippen molar-refractivity contribution < 1.29 is 4.79 Å². The number of carbonyl (C=O) groups excluding carboxylic acids is 1. The molecule has 0 bridgehead atoms. The zero-order chi connectivity index (χ0) is 12.3. The van der Waals surface area contributed by atoms with Crippen molar-refractivity contribution >= 4 is 22.2 Å². The van der Waals surface area contributed by atoms with Crippen molar-refractivity contribution in [3.8, 4) is 6.07 Å². The molecule has 4 nitrogen and oxygen atoms in total. The van der Waals surface area contributed by atoms with Crippen molar-refractivity contribution in [2.75, 3.05) is 11.9 Å². The van der Waals surface area contributed by atoms with Gasteiger partial charge in [-0.05, 0) is 44.2 Å². The number of hydrogen-bond acceptors (Lipinski definition) is 4. The van der Waals surface area contributed by atoms with Crippen LogP contribution in [0, 0.1) is 11.3 Å². The van der Waals surface area contributed by atoms with Gasteiger partial charge in [0.15, 0.2) is 0 Å². The van der Waals surface area contributed by atoms with Gasteiger partial charge in [0.1, 0.15) is 11.1 Å². The van der Waals surface area contributed by atoms with Gasteiger partial charge < -0.3 is 10.6 Å². The second-order valence-electron chi connectivity index (χ2n) is 4.45. The van der Waals surface area contributed by atoms with Gasteiger partial charge in [0.05, 0.1) is 11.1 Å². The number of thiophene rings is 1. The van der Waals surface area contributed by atoms with Crippen LogP contribution in [0.4, 0.5) is 5.00 Å². The Morgan fingerprint density at radius 1 is 1.65 bits per heavy atom. The molecule has 5 heteroatoms. The van der Waals surface area contributed by atoms with Crippen LogP contribution in [0.15, 0.2) is 11.4 Å². The second-order valence-corrected chi connectivity index (χ2v) is 5.36. The molecule has 0 aromatic carbocycles. The lowest BCUT2D eigenvalue weighted by molar-refractivity contribution is -0.122. The van der Waals surface area contributed by atoms with E-state index >= 15 is 0 Å². The number of nitrogens with one attached hydrogen (secondary N) is 2. The summed E-state index contributed by atoms with van der Waals surface area (Å²) in [6.45, 7) is 2.79. The lowest BCUT2D eigenvalue weighted by Gasteiger charge is -2.33. The fourth-order valence-corrected chi connectivity index (χ4v) is 2.72. The summed E-state index contributed by atoms with van der Waals surface area (Å²) in [5.74, 6) is -0.0452. The average Bonchev–Trinajstić information content (AvgIpc) is 2.77. The maximum absolute atomic E-state index is 12.2. The maximum Gasteiger partial charge on any atom is 0.245 e.